The molecule has 7 heteroatoms. The number of hydrogen-bond donors (Lipinski definition) is 1. The molecule has 1 aliphatic carbocycles. The van der Waals surface area contributed by atoms with Crippen LogP contribution in [0.5, 0.6) is 0 Å². The molecule has 144 valence electrons. The van der Waals surface area contributed by atoms with Crippen LogP contribution in [0.1, 0.15) is 50.1 Å². The van der Waals surface area contributed by atoms with Gasteiger partial charge in [-0.05, 0) is 51.0 Å². The largest absolute Gasteiger partial charge is 0.379 e. The van der Waals surface area contributed by atoms with E-state index in [0.717, 1.165) is 69.0 Å². The van der Waals surface area contributed by atoms with Gasteiger partial charge in [0.25, 0.3) is 0 Å². The van der Waals surface area contributed by atoms with Crippen molar-refractivity contribution in [1.82, 2.24) is 14.8 Å². The van der Waals surface area contributed by atoms with Crippen LogP contribution < -0.4 is 5.32 Å². The normalized spacial score (nSPS) is 22.5. The highest BCUT2D eigenvalue weighted by molar-refractivity contribution is 7.13. The number of urea groups is 1. The van der Waals surface area contributed by atoms with Crippen molar-refractivity contribution >= 4 is 22.5 Å². The molecule has 2 aliphatic heterocycles. The Morgan fingerprint density at radius 1 is 1.19 bits per heavy atom. The van der Waals surface area contributed by atoms with Gasteiger partial charge in [0.15, 0.2) is 5.13 Å². The van der Waals surface area contributed by atoms with E-state index in [1.807, 2.05) is 4.90 Å². The average Bonchev–Trinajstić information content (AvgIpc) is 3.43. The van der Waals surface area contributed by atoms with Crippen molar-refractivity contribution in [2.75, 3.05) is 51.3 Å². The lowest BCUT2D eigenvalue weighted by Gasteiger charge is -2.32. The molecule has 1 N–H and O–H groups in total. The number of piperidine rings is 1. The molecule has 4 rings (SSSR count). The molecule has 6 nitrogen and oxygen atoms in total. The monoisotopic (exact) mass is 378 g/mol. The summed E-state index contributed by atoms with van der Waals surface area (Å²) in [5.74, 6) is 1.41. The third-order valence-electron chi connectivity index (χ3n) is 5.82. The third-order valence-corrected chi connectivity index (χ3v) is 6.60. The van der Waals surface area contributed by atoms with Crippen molar-refractivity contribution in [3.63, 3.8) is 0 Å². The van der Waals surface area contributed by atoms with Gasteiger partial charge < -0.3 is 9.64 Å². The van der Waals surface area contributed by atoms with Gasteiger partial charge in [0, 0.05) is 37.5 Å². The Morgan fingerprint density at radius 2 is 1.96 bits per heavy atom. The molecule has 0 spiro atoms. The minimum absolute atomic E-state index is 0.0217. The maximum atomic E-state index is 12.5. The molecule has 2 saturated heterocycles. The smallest absolute Gasteiger partial charge is 0.323 e. The molecule has 0 aromatic carbocycles. The van der Waals surface area contributed by atoms with Gasteiger partial charge in [0.1, 0.15) is 0 Å². The van der Waals surface area contributed by atoms with Gasteiger partial charge in [-0.3, -0.25) is 10.2 Å². The summed E-state index contributed by atoms with van der Waals surface area (Å²) in [6.07, 6.45) is 7.29. The second-order valence-corrected chi connectivity index (χ2v) is 8.67. The van der Waals surface area contributed by atoms with E-state index in [1.54, 1.807) is 11.3 Å². The summed E-state index contributed by atoms with van der Waals surface area (Å²) >= 11 is 1.55. The lowest BCUT2D eigenvalue weighted by atomic mass is 9.92. The summed E-state index contributed by atoms with van der Waals surface area (Å²) in [5.41, 5.74) is 1.16. The minimum atomic E-state index is 0.0217. The molecule has 0 bridgehead atoms. The van der Waals surface area contributed by atoms with E-state index in [-0.39, 0.29) is 6.03 Å². The molecule has 1 aromatic heterocycles. The molecular weight excluding hydrogens is 348 g/mol. The van der Waals surface area contributed by atoms with E-state index < -0.39 is 0 Å². The van der Waals surface area contributed by atoms with Crippen LogP contribution in [0.3, 0.4) is 0 Å². The quantitative estimate of drug-likeness (QED) is 0.824. The summed E-state index contributed by atoms with van der Waals surface area (Å²) in [7, 11) is 0. The van der Waals surface area contributed by atoms with E-state index in [1.165, 1.54) is 32.2 Å². The Kier molecular flexibility index (Phi) is 6.07. The fourth-order valence-corrected chi connectivity index (χ4v) is 4.72. The number of carbonyl (C=O) groups excluding carboxylic acids is 1. The van der Waals surface area contributed by atoms with E-state index in [2.05, 4.69) is 20.6 Å². The molecule has 2 amide bonds. The fraction of sp³-hybridized carbons (Fsp3) is 0.789. The predicted molar refractivity (Wildman–Crippen MR) is 104 cm³/mol. The number of nitrogens with zero attached hydrogens (tertiary/aromatic N) is 3. The number of thiazole rings is 1. The number of morpholine rings is 1. The first-order valence-corrected chi connectivity index (χ1v) is 11.0. The van der Waals surface area contributed by atoms with Crippen molar-refractivity contribution in [1.29, 1.82) is 0 Å². The van der Waals surface area contributed by atoms with Crippen LogP contribution in [0, 0.1) is 5.92 Å². The van der Waals surface area contributed by atoms with E-state index in [9.17, 15) is 4.79 Å². The summed E-state index contributed by atoms with van der Waals surface area (Å²) in [6, 6.07) is 0.0217. The Bertz CT molecular complexity index is 590. The minimum Gasteiger partial charge on any atom is -0.379 e. The zero-order valence-electron chi connectivity index (χ0n) is 15.5. The highest BCUT2D eigenvalue weighted by atomic mass is 32.1. The number of carbonyl (C=O) groups is 1. The number of aromatic nitrogens is 1. The Labute approximate surface area is 159 Å². The maximum absolute atomic E-state index is 12.5. The third kappa shape index (κ3) is 4.96. The van der Waals surface area contributed by atoms with Crippen molar-refractivity contribution in [3.05, 3.63) is 11.1 Å². The number of anilines is 1. The van der Waals surface area contributed by atoms with Gasteiger partial charge in [-0.2, -0.15) is 0 Å². The van der Waals surface area contributed by atoms with Crippen molar-refractivity contribution in [2.45, 2.75) is 44.4 Å². The molecule has 3 heterocycles. The van der Waals surface area contributed by atoms with Crippen molar-refractivity contribution in [3.8, 4) is 0 Å². The average molecular weight is 379 g/mol. The van der Waals surface area contributed by atoms with Crippen LogP contribution >= 0.6 is 11.3 Å². The van der Waals surface area contributed by atoms with Gasteiger partial charge in [-0.1, -0.05) is 0 Å². The highest BCUT2D eigenvalue weighted by Crippen LogP contribution is 2.40. The molecule has 0 atom stereocenters. The molecule has 26 heavy (non-hydrogen) atoms. The molecule has 1 saturated carbocycles. The SMILES string of the molecule is O=C(Nc1nc(C2CC2)cs1)N1CCC(CCCN2CCOCC2)CC1. The lowest BCUT2D eigenvalue weighted by Crippen LogP contribution is -2.41. The Hall–Kier alpha value is -1.18. The van der Waals surface area contributed by atoms with Crippen LogP contribution in [-0.4, -0.2) is 66.8 Å². The fourth-order valence-electron chi connectivity index (χ4n) is 3.93. The number of nitrogens with one attached hydrogen (secondary N) is 1. The molecule has 0 unspecified atom stereocenters. The van der Waals surface area contributed by atoms with Crippen LogP contribution in [0.15, 0.2) is 5.38 Å². The molecule has 3 aliphatic rings. The maximum Gasteiger partial charge on any atom is 0.323 e. The molecule has 0 radical (unpaired) electrons. The van der Waals surface area contributed by atoms with Gasteiger partial charge in [-0.15, -0.1) is 11.3 Å². The molecule has 3 fully saturated rings. The zero-order chi connectivity index (χ0) is 17.8. The summed E-state index contributed by atoms with van der Waals surface area (Å²) in [4.78, 5) is 21.5. The van der Waals surface area contributed by atoms with Crippen molar-refractivity contribution in [2.24, 2.45) is 5.92 Å². The van der Waals surface area contributed by atoms with Crippen LogP contribution in [0.25, 0.3) is 0 Å². The summed E-state index contributed by atoms with van der Waals surface area (Å²) in [6.45, 7) is 6.86. The van der Waals surface area contributed by atoms with Gasteiger partial charge in [0.05, 0.1) is 18.9 Å². The predicted octanol–water partition coefficient (Wildman–Crippen LogP) is 3.38. The Balaban J connectivity index is 1.14. The van der Waals surface area contributed by atoms with Gasteiger partial charge in [0.2, 0.25) is 0 Å². The number of rotatable bonds is 6. The second kappa shape index (κ2) is 8.67. The standard InChI is InChI=1S/C19H30N4O2S/c24-19(21-18-20-17(14-26-18)16-3-4-16)23-8-5-15(6-9-23)2-1-7-22-10-12-25-13-11-22/h14-16H,1-13H2,(H,20,21,24). The van der Waals surface area contributed by atoms with E-state index in [0.29, 0.717) is 5.92 Å². The van der Waals surface area contributed by atoms with Crippen molar-refractivity contribution < 1.29 is 9.53 Å². The number of hydrogen-bond acceptors (Lipinski definition) is 5. The first-order valence-electron chi connectivity index (χ1n) is 10.1. The van der Waals surface area contributed by atoms with Crippen LogP contribution in [-0.2, 0) is 4.74 Å². The topological polar surface area (TPSA) is 57.7 Å². The molecule has 1 aromatic rings. The van der Waals surface area contributed by atoms with Gasteiger partial charge >= 0.3 is 6.03 Å². The first kappa shape index (κ1) is 18.2. The lowest BCUT2D eigenvalue weighted by molar-refractivity contribution is 0.0363. The second-order valence-electron chi connectivity index (χ2n) is 7.81. The molecular formula is C19H30N4O2S. The number of ether oxygens (including phenoxy) is 1. The summed E-state index contributed by atoms with van der Waals surface area (Å²) < 4.78 is 5.40. The van der Waals surface area contributed by atoms with Crippen LogP contribution in [0.2, 0.25) is 0 Å². The zero-order valence-corrected chi connectivity index (χ0v) is 16.3. The van der Waals surface area contributed by atoms with E-state index in [4.69, 9.17) is 4.74 Å². The first-order chi connectivity index (χ1) is 12.8. The number of likely N-dealkylation sites (tertiary alicyclic amines) is 1. The Morgan fingerprint density at radius 3 is 2.69 bits per heavy atom. The van der Waals surface area contributed by atoms with E-state index >= 15 is 0 Å². The summed E-state index contributed by atoms with van der Waals surface area (Å²) in [5, 5.41) is 5.84. The van der Waals surface area contributed by atoms with Crippen LogP contribution in [0.4, 0.5) is 9.93 Å². The van der Waals surface area contributed by atoms with Gasteiger partial charge in [-0.25, -0.2) is 9.78 Å². The highest BCUT2D eigenvalue weighted by Gasteiger charge is 2.27. The number of amides is 2.